The minimum atomic E-state index is -3.67. The summed E-state index contributed by atoms with van der Waals surface area (Å²) in [5.41, 5.74) is 0.816. The van der Waals surface area contributed by atoms with Gasteiger partial charge in [0.15, 0.2) is 15.6 Å². The lowest BCUT2D eigenvalue weighted by Crippen LogP contribution is -2.37. The Balaban J connectivity index is 2.18. The van der Waals surface area contributed by atoms with E-state index in [-0.39, 0.29) is 5.89 Å². The van der Waals surface area contributed by atoms with E-state index in [1.54, 1.807) is 0 Å². The number of nitrogens with zero attached hydrogens (tertiary/aromatic N) is 2. The van der Waals surface area contributed by atoms with Gasteiger partial charge < -0.3 is 9.32 Å². The summed E-state index contributed by atoms with van der Waals surface area (Å²) in [6.45, 7) is 1.37. The predicted octanol–water partition coefficient (Wildman–Crippen LogP) is 1.73. The molecule has 1 heterocycles. The van der Waals surface area contributed by atoms with Crippen LogP contribution in [-0.4, -0.2) is 43.6 Å². The quantitative estimate of drug-likeness (QED) is 0.837. The van der Waals surface area contributed by atoms with E-state index < -0.39 is 26.7 Å². The zero-order chi connectivity index (χ0) is 16.3. The maximum Gasteiger partial charge on any atom is 0.240 e. The Morgan fingerprint density at radius 2 is 1.91 bits per heavy atom. The first-order valence-corrected chi connectivity index (χ1v) is 8.45. The molecule has 0 saturated carbocycles. The fraction of sp³-hybridized carbons (Fsp3) is 0.333. The number of aromatic nitrogens is 1. The van der Waals surface area contributed by atoms with Gasteiger partial charge in [-0.3, -0.25) is 4.79 Å². The summed E-state index contributed by atoms with van der Waals surface area (Å²) in [4.78, 5) is 17.1. The van der Waals surface area contributed by atoms with Gasteiger partial charge in [-0.15, -0.1) is 0 Å². The van der Waals surface area contributed by atoms with Gasteiger partial charge in [-0.1, -0.05) is 30.3 Å². The monoisotopic (exact) mass is 322 g/mol. The Hall–Kier alpha value is -2.15. The lowest BCUT2D eigenvalue weighted by atomic mass is 10.2. The first kappa shape index (κ1) is 16.2. The van der Waals surface area contributed by atoms with E-state index in [0.717, 1.165) is 5.56 Å². The van der Waals surface area contributed by atoms with Crippen LogP contribution in [0.2, 0.25) is 0 Å². The Morgan fingerprint density at radius 3 is 2.50 bits per heavy atom. The molecule has 2 aromatic rings. The number of carbonyl (C=O) groups is 1. The molecular weight excluding hydrogens is 304 g/mol. The average molecular weight is 322 g/mol. The van der Waals surface area contributed by atoms with Crippen molar-refractivity contribution in [2.45, 2.75) is 17.9 Å². The Kier molecular flexibility index (Phi) is 4.65. The molecule has 22 heavy (non-hydrogen) atoms. The van der Waals surface area contributed by atoms with E-state index in [9.17, 15) is 13.2 Å². The topological polar surface area (TPSA) is 80.5 Å². The van der Waals surface area contributed by atoms with Crippen molar-refractivity contribution in [1.82, 2.24) is 9.88 Å². The van der Waals surface area contributed by atoms with E-state index in [0.29, 0.717) is 5.76 Å². The van der Waals surface area contributed by atoms with E-state index in [2.05, 4.69) is 4.98 Å². The number of rotatable bonds is 5. The standard InChI is InChI=1S/C15H18N2O4S/c1-11(15(18)17(2)3)22(19,20)10-14-16-9-13(21-14)12-7-5-4-6-8-12/h4-9,11H,10H2,1-3H3. The number of hydrogen-bond donors (Lipinski definition) is 0. The van der Waals surface area contributed by atoms with Gasteiger partial charge in [0.1, 0.15) is 11.0 Å². The van der Waals surface area contributed by atoms with Crippen LogP contribution >= 0.6 is 0 Å². The second-order valence-corrected chi connectivity index (χ2v) is 7.49. The van der Waals surface area contributed by atoms with Crippen LogP contribution in [0, 0.1) is 0 Å². The molecule has 0 aliphatic rings. The highest BCUT2D eigenvalue weighted by Crippen LogP contribution is 2.21. The fourth-order valence-electron chi connectivity index (χ4n) is 1.93. The smallest absolute Gasteiger partial charge is 0.240 e. The molecule has 0 aliphatic heterocycles. The molecule has 118 valence electrons. The highest BCUT2D eigenvalue weighted by Gasteiger charge is 2.30. The lowest BCUT2D eigenvalue weighted by molar-refractivity contribution is -0.127. The van der Waals surface area contributed by atoms with E-state index in [4.69, 9.17) is 4.42 Å². The van der Waals surface area contributed by atoms with Crippen LogP contribution in [0.5, 0.6) is 0 Å². The Labute approximate surface area is 129 Å². The van der Waals surface area contributed by atoms with E-state index in [1.807, 2.05) is 30.3 Å². The molecule has 0 N–H and O–H groups in total. The number of amides is 1. The van der Waals surface area contributed by atoms with Crippen molar-refractivity contribution in [3.05, 3.63) is 42.4 Å². The zero-order valence-corrected chi connectivity index (χ0v) is 13.5. The van der Waals surface area contributed by atoms with Gasteiger partial charge in [0.2, 0.25) is 11.8 Å². The fourth-order valence-corrected chi connectivity index (χ4v) is 3.17. The maximum absolute atomic E-state index is 12.2. The van der Waals surface area contributed by atoms with Crippen LogP contribution in [0.1, 0.15) is 12.8 Å². The molecule has 0 bridgehead atoms. The van der Waals surface area contributed by atoms with Crippen LogP contribution in [0.4, 0.5) is 0 Å². The van der Waals surface area contributed by atoms with Crippen molar-refractivity contribution in [2.24, 2.45) is 0 Å². The molecule has 0 radical (unpaired) electrons. The molecule has 2 rings (SSSR count). The molecular formula is C15H18N2O4S. The average Bonchev–Trinajstić information content (AvgIpc) is 2.94. The minimum Gasteiger partial charge on any atom is -0.440 e. The van der Waals surface area contributed by atoms with Gasteiger partial charge in [-0.2, -0.15) is 0 Å². The Bertz CT molecular complexity index is 751. The SMILES string of the molecule is CC(C(=O)N(C)C)S(=O)(=O)Cc1ncc(-c2ccccc2)o1. The van der Waals surface area contributed by atoms with Crippen molar-refractivity contribution < 1.29 is 17.6 Å². The van der Waals surface area contributed by atoms with Crippen molar-refractivity contribution in [3.8, 4) is 11.3 Å². The molecule has 1 amide bonds. The van der Waals surface area contributed by atoms with Gasteiger partial charge in [0, 0.05) is 19.7 Å². The molecule has 1 aromatic carbocycles. The first-order valence-electron chi connectivity index (χ1n) is 6.74. The predicted molar refractivity (Wildman–Crippen MR) is 82.7 cm³/mol. The minimum absolute atomic E-state index is 0.0808. The van der Waals surface area contributed by atoms with E-state index in [1.165, 1.54) is 32.1 Å². The number of carbonyl (C=O) groups excluding carboxylic acids is 1. The second kappa shape index (κ2) is 6.31. The van der Waals surface area contributed by atoms with Gasteiger partial charge in [-0.25, -0.2) is 13.4 Å². The van der Waals surface area contributed by atoms with Crippen LogP contribution in [-0.2, 0) is 20.4 Å². The van der Waals surface area contributed by atoms with Crippen LogP contribution < -0.4 is 0 Å². The molecule has 6 nitrogen and oxygen atoms in total. The summed E-state index contributed by atoms with van der Waals surface area (Å²) >= 11 is 0. The number of hydrogen-bond acceptors (Lipinski definition) is 5. The second-order valence-electron chi connectivity index (χ2n) is 5.17. The lowest BCUT2D eigenvalue weighted by Gasteiger charge is -2.16. The number of sulfone groups is 1. The molecule has 1 atom stereocenters. The van der Waals surface area contributed by atoms with Crippen molar-refractivity contribution >= 4 is 15.7 Å². The number of oxazole rings is 1. The molecule has 0 fully saturated rings. The summed E-state index contributed by atoms with van der Waals surface area (Å²) in [5, 5.41) is -1.13. The summed E-state index contributed by atoms with van der Waals surface area (Å²) < 4.78 is 30.0. The van der Waals surface area contributed by atoms with Crippen LogP contribution in [0.25, 0.3) is 11.3 Å². The molecule has 0 spiro atoms. The largest absolute Gasteiger partial charge is 0.440 e. The summed E-state index contributed by atoms with van der Waals surface area (Å²) in [7, 11) is -0.632. The maximum atomic E-state index is 12.2. The third-order valence-corrected chi connectivity index (χ3v) is 5.19. The van der Waals surface area contributed by atoms with Crippen molar-refractivity contribution in [2.75, 3.05) is 14.1 Å². The molecule has 7 heteroatoms. The van der Waals surface area contributed by atoms with Crippen molar-refractivity contribution in [1.29, 1.82) is 0 Å². The Morgan fingerprint density at radius 1 is 1.27 bits per heavy atom. The molecule has 1 unspecified atom stereocenters. The van der Waals surface area contributed by atoms with Crippen molar-refractivity contribution in [3.63, 3.8) is 0 Å². The summed E-state index contributed by atoms with van der Waals surface area (Å²) in [5.74, 6) is -0.287. The number of benzene rings is 1. The third kappa shape index (κ3) is 3.54. The highest BCUT2D eigenvalue weighted by molar-refractivity contribution is 7.92. The van der Waals surface area contributed by atoms with Crippen LogP contribution in [0.15, 0.2) is 40.9 Å². The van der Waals surface area contributed by atoms with Gasteiger partial charge in [0.25, 0.3) is 0 Å². The first-order chi connectivity index (χ1) is 10.3. The molecule has 0 saturated heterocycles. The van der Waals surface area contributed by atoms with Gasteiger partial charge in [-0.05, 0) is 6.92 Å². The van der Waals surface area contributed by atoms with Crippen LogP contribution in [0.3, 0.4) is 0 Å². The molecule has 0 aliphatic carbocycles. The summed E-state index contributed by atoms with van der Waals surface area (Å²) in [6, 6.07) is 9.27. The van der Waals surface area contributed by atoms with E-state index >= 15 is 0 Å². The third-order valence-electron chi connectivity index (χ3n) is 3.26. The highest BCUT2D eigenvalue weighted by atomic mass is 32.2. The van der Waals surface area contributed by atoms with Gasteiger partial charge >= 0.3 is 0 Å². The zero-order valence-electron chi connectivity index (χ0n) is 12.7. The van der Waals surface area contributed by atoms with Gasteiger partial charge in [0.05, 0.1) is 6.20 Å². The summed E-state index contributed by atoms with van der Waals surface area (Å²) in [6.07, 6.45) is 1.48. The molecule has 1 aromatic heterocycles. The normalized spacial score (nSPS) is 12.9.